The Morgan fingerprint density at radius 2 is 1.72 bits per heavy atom. The number of hydrogen-bond donors (Lipinski definition) is 1. The molecule has 1 N–H and O–H groups in total. The lowest BCUT2D eigenvalue weighted by Gasteiger charge is -2.20. The average molecular weight is 421 g/mol. The molecule has 1 fully saturated rings. The van der Waals surface area contributed by atoms with Crippen molar-refractivity contribution < 1.29 is 22.3 Å². The quantitative estimate of drug-likeness (QED) is 0.765. The van der Waals surface area contributed by atoms with Crippen LogP contribution in [0.5, 0.6) is 5.75 Å². The molecule has 0 bridgehead atoms. The predicted molar refractivity (Wildman–Crippen MR) is 109 cm³/mol. The van der Waals surface area contributed by atoms with E-state index in [1.165, 1.54) is 10.4 Å². The standard InChI is InChI=1S/C21H25FN2O4S/c1-2-28-18-10-8-17(9-11-18)23-21(25)16-7-12-19(22)20(15-16)29(26,27)24-13-5-3-4-6-14-24/h7-12,15H,2-6,13-14H2,1H3,(H,23,25). The highest BCUT2D eigenvalue weighted by molar-refractivity contribution is 7.89. The number of rotatable bonds is 6. The Labute approximate surface area is 170 Å². The molecule has 6 nitrogen and oxygen atoms in total. The van der Waals surface area contributed by atoms with Crippen molar-refractivity contribution in [3.05, 3.63) is 53.8 Å². The first-order valence-electron chi connectivity index (χ1n) is 9.75. The lowest BCUT2D eigenvalue weighted by Crippen LogP contribution is -2.32. The van der Waals surface area contributed by atoms with Crippen LogP contribution in [0, 0.1) is 5.82 Å². The van der Waals surface area contributed by atoms with Crippen molar-refractivity contribution in [3.8, 4) is 5.75 Å². The molecule has 0 unspecified atom stereocenters. The number of sulfonamides is 1. The maximum Gasteiger partial charge on any atom is 0.255 e. The number of hydrogen-bond acceptors (Lipinski definition) is 4. The molecule has 0 saturated carbocycles. The zero-order valence-electron chi connectivity index (χ0n) is 16.4. The van der Waals surface area contributed by atoms with E-state index in [1.807, 2.05) is 6.92 Å². The summed E-state index contributed by atoms with van der Waals surface area (Å²) in [7, 11) is -4.00. The monoisotopic (exact) mass is 420 g/mol. The number of anilines is 1. The Balaban J connectivity index is 1.81. The normalized spacial score (nSPS) is 15.5. The molecule has 0 atom stereocenters. The van der Waals surface area contributed by atoms with Crippen molar-refractivity contribution in [2.24, 2.45) is 0 Å². The maximum absolute atomic E-state index is 14.4. The van der Waals surface area contributed by atoms with Crippen molar-refractivity contribution in [2.75, 3.05) is 25.0 Å². The van der Waals surface area contributed by atoms with Crippen LogP contribution in [0.15, 0.2) is 47.4 Å². The molecule has 1 aliphatic rings. The van der Waals surface area contributed by atoms with E-state index in [-0.39, 0.29) is 5.56 Å². The van der Waals surface area contributed by atoms with E-state index in [0.717, 1.165) is 37.8 Å². The molecule has 156 valence electrons. The summed E-state index contributed by atoms with van der Waals surface area (Å²) in [6.45, 7) is 3.14. The van der Waals surface area contributed by atoms with Gasteiger partial charge in [-0.25, -0.2) is 12.8 Å². The minimum absolute atomic E-state index is 0.0775. The van der Waals surface area contributed by atoms with Crippen molar-refractivity contribution in [3.63, 3.8) is 0 Å². The van der Waals surface area contributed by atoms with Crippen LogP contribution in [0.1, 0.15) is 43.0 Å². The predicted octanol–water partition coefficient (Wildman–Crippen LogP) is 4.04. The van der Waals surface area contributed by atoms with Gasteiger partial charge in [0.25, 0.3) is 5.91 Å². The van der Waals surface area contributed by atoms with E-state index in [2.05, 4.69) is 5.32 Å². The van der Waals surface area contributed by atoms with Gasteiger partial charge in [-0.05, 0) is 62.2 Å². The van der Waals surface area contributed by atoms with Crippen LogP contribution in [0.2, 0.25) is 0 Å². The number of nitrogens with one attached hydrogen (secondary N) is 1. The van der Waals surface area contributed by atoms with E-state index in [4.69, 9.17) is 4.74 Å². The van der Waals surface area contributed by atoms with Crippen molar-refractivity contribution in [2.45, 2.75) is 37.5 Å². The number of amides is 1. The molecule has 2 aromatic carbocycles. The fourth-order valence-electron chi connectivity index (χ4n) is 3.27. The second-order valence-electron chi connectivity index (χ2n) is 6.88. The van der Waals surface area contributed by atoms with Gasteiger partial charge in [-0.3, -0.25) is 4.79 Å². The molecule has 2 aromatic rings. The highest BCUT2D eigenvalue weighted by Crippen LogP contribution is 2.24. The Hall–Kier alpha value is -2.45. The third-order valence-electron chi connectivity index (χ3n) is 4.80. The van der Waals surface area contributed by atoms with Gasteiger partial charge in [0, 0.05) is 24.3 Å². The molecule has 29 heavy (non-hydrogen) atoms. The zero-order chi connectivity index (χ0) is 20.9. The fraction of sp³-hybridized carbons (Fsp3) is 0.381. The summed E-state index contributed by atoms with van der Waals surface area (Å²) >= 11 is 0. The number of ether oxygens (including phenoxy) is 1. The summed E-state index contributed by atoms with van der Waals surface area (Å²) in [5.74, 6) is -0.688. The van der Waals surface area contributed by atoms with E-state index in [9.17, 15) is 17.6 Å². The Morgan fingerprint density at radius 3 is 2.34 bits per heavy atom. The Morgan fingerprint density at radius 1 is 1.07 bits per heavy atom. The number of benzene rings is 2. The van der Waals surface area contributed by atoms with Crippen LogP contribution in [-0.2, 0) is 10.0 Å². The second-order valence-corrected chi connectivity index (χ2v) is 8.78. The van der Waals surface area contributed by atoms with E-state index >= 15 is 0 Å². The fourth-order valence-corrected chi connectivity index (χ4v) is 4.88. The van der Waals surface area contributed by atoms with Gasteiger partial charge < -0.3 is 10.1 Å². The third-order valence-corrected chi connectivity index (χ3v) is 6.71. The van der Waals surface area contributed by atoms with Gasteiger partial charge in [-0.2, -0.15) is 4.31 Å². The van der Waals surface area contributed by atoms with Crippen molar-refractivity contribution >= 4 is 21.6 Å². The molecule has 0 aliphatic carbocycles. The van der Waals surface area contributed by atoms with E-state index in [0.29, 0.717) is 31.1 Å². The zero-order valence-corrected chi connectivity index (χ0v) is 17.2. The van der Waals surface area contributed by atoms with Gasteiger partial charge in [0.2, 0.25) is 10.0 Å². The largest absolute Gasteiger partial charge is 0.494 e. The molecule has 1 amide bonds. The Bertz CT molecular complexity index is 953. The maximum atomic E-state index is 14.4. The summed E-state index contributed by atoms with van der Waals surface area (Å²) < 4.78 is 46.9. The van der Waals surface area contributed by atoms with Gasteiger partial charge in [-0.15, -0.1) is 0 Å². The number of carbonyl (C=O) groups excluding carboxylic acids is 1. The highest BCUT2D eigenvalue weighted by atomic mass is 32.2. The minimum Gasteiger partial charge on any atom is -0.494 e. The van der Waals surface area contributed by atoms with Gasteiger partial charge in [0.15, 0.2) is 0 Å². The molecular weight excluding hydrogens is 395 g/mol. The SMILES string of the molecule is CCOc1ccc(NC(=O)c2ccc(F)c(S(=O)(=O)N3CCCCCC3)c2)cc1. The van der Waals surface area contributed by atoms with Crippen molar-refractivity contribution in [1.82, 2.24) is 4.31 Å². The first-order valence-corrected chi connectivity index (χ1v) is 11.2. The van der Waals surface area contributed by atoms with Crippen LogP contribution in [0.25, 0.3) is 0 Å². The summed E-state index contributed by atoms with van der Waals surface area (Å²) in [5, 5.41) is 2.69. The van der Waals surface area contributed by atoms with E-state index in [1.54, 1.807) is 24.3 Å². The van der Waals surface area contributed by atoms with Crippen molar-refractivity contribution in [1.29, 1.82) is 0 Å². The summed E-state index contributed by atoms with van der Waals surface area (Å²) in [6.07, 6.45) is 3.41. The molecular formula is C21H25FN2O4S. The number of halogens is 1. The molecule has 0 spiro atoms. The van der Waals surface area contributed by atoms with Crippen LogP contribution in [0.4, 0.5) is 10.1 Å². The highest BCUT2D eigenvalue weighted by Gasteiger charge is 2.28. The van der Waals surface area contributed by atoms with E-state index < -0.39 is 26.6 Å². The molecule has 3 rings (SSSR count). The molecule has 1 saturated heterocycles. The van der Waals surface area contributed by atoms with Gasteiger partial charge in [-0.1, -0.05) is 12.8 Å². The van der Waals surface area contributed by atoms with Crippen LogP contribution in [0.3, 0.4) is 0 Å². The lowest BCUT2D eigenvalue weighted by atomic mass is 10.2. The summed E-state index contributed by atoms with van der Waals surface area (Å²) in [4.78, 5) is 12.1. The van der Waals surface area contributed by atoms with Gasteiger partial charge in [0.05, 0.1) is 6.61 Å². The minimum atomic E-state index is -4.00. The molecule has 1 heterocycles. The van der Waals surface area contributed by atoms with Crippen LogP contribution < -0.4 is 10.1 Å². The van der Waals surface area contributed by atoms with Gasteiger partial charge in [0.1, 0.15) is 16.5 Å². The number of nitrogens with zero attached hydrogens (tertiary/aromatic N) is 1. The summed E-state index contributed by atoms with van der Waals surface area (Å²) in [6, 6.07) is 10.2. The summed E-state index contributed by atoms with van der Waals surface area (Å²) in [5.41, 5.74) is 0.605. The third kappa shape index (κ3) is 5.13. The molecule has 0 radical (unpaired) electrons. The molecule has 0 aromatic heterocycles. The first kappa shape index (κ1) is 21.3. The average Bonchev–Trinajstić information content (AvgIpc) is 3.00. The number of carbonyl (C=O) groups is 1. The topological polar surface area (TPSA) is 75.7 Å². The lowest BCUT2D eigenvalue weighted by molar-refractivity contribution is 0.102. The second kappa shape index (κ2) is 9.37. The first-order chi connectivity index (χ1) is 13.9. The molecule has 1 aliphatic heterocycles. The smallest absolute Gasteiger partial charge is 0.255 e. The van der Waals surface area contributed by atoms with Gasteiger partial charge >= 0.3 is 0 Å². The Kier molecular flexibility index (Phi) is 6.87. The molecule has 8 heteroatoms. The van der Waals surface area contributed by atoms with Crippen LogP contribution in [-0.4, -0.2) is 38.3 Å². The van der Waals surface area contributed by atoms with Crippen LogP contribution >= 0.6 is 0 Å².